The summed E-state index contributed by atoms with van der Waals surface area (Å²) in [4.78, 5) is 12.1. The van der Waals surface area contributed by atoms with Crippen molar-refractivity contribution in [1.82, 2.24) is 4.57 Å². The number of rotatable bonds is 2. The molecule has 1 N–H and O–H groups in total. The predicted molar refractivity (Wildman–Crippen MR) is 89.9 cm³/mol. The number of amides is 1. The highest BCUT2D eigenvalue weighted by atomic mass is 35.5. The molecule has 0 aliphatic carbocycles. The van der Waals surface area contributed by atoms with Crippen LogP contribution in [-0.4, -0.2) is 15.6 Å². The molecule has 0 fully saturated rings. The van der Waals surface area contributed by atoms with Gasteiger partial charge in [0.05, 0.1) is 16.1 Å². The van der Waals surface area contributed by atoms with E-state index in [1.807, 2.05) is 18.2 Å². The summed E-state index contributed by atoms with van der Waals surface area (Å²) in [7, 11) is 1.70. The lowest BCUT2D eigenvalue weighted by Gasteiger charge is -1.99. The molecule has 0 saturated carbocycles. The normalized spacial score (nSPS) is 11.4. The van der Waals surface area contributed by atoms with Gasteiger partial charge in [-0.05, 0) is 24.3 Å². The number of fused-ring (bicyclic) bond motifs is 1. The molecule has 0 aliphatic heterocycles. The second-order valence-electron chi connectivity index (χ2n) is 4.88. The van der Waals surface area contributed by atoms with Crippen molar-refractivity contribution >= 4 is 45.7 Å². The van der Waals surface area contributed by atoms with E-state index in [0.29, 0.717) is 10.4 Å². The molecule has 116 valence electrons. The molecule has 23 heavy (non-hydrogen) atoms. The molecule has 3 rings (SSSR count). The van der Waals surface area contributed by atoms with E-state index in [1.165, 1.54) is 12.1 Å². The predicted octanol–water partition coefficient (Wildman–Crippen LogP) is 5.11. The summed E-state index contributed by atoms with van der Waals surface area (Å²) in [5.74, 6) is -0.677. The van der Waals surface area contributed by atoms with Crippen LogP contribution in [0.2, 0.25) is 10.0 Å². The maximum Gasteiger partial charge on any atom is 0.296 e. The van der Waals surface area contributed by atoms with E-state index < -0.39 is 5.91 Å². The van der Waals surface area contributed by atoms with Crippen LogP contribution in [0.25, 0.3) is 10.9 Å². The zero-order chi connectivity index (χ0) is 16.6. The average Bonchev–Trinajstić information content (AvgIpc) is 2.77. The van der Waals surface area contributed by atoms with E-state index >= 15 is 0 Å². The Morgan fingerprint density at radius 1 is 1.17 bits per heavy atom. The van der Waals surface area contributed by atoms with Crippen molar-refractivity contribution in [2.24, 2.45) is 17.3 Å². The Hall–Kier alpha value is -2.37. The van der Waals surface area contributed by atoms with Gasteiger partial charge in [-0.3, -0.25) is 4.79 Å². The van der Waals surface area contributed by atoms with Gasteiger partial charge in [-0.2, -0.15) is 0 Å². The molecule has 7 heteroatoms. The van der Waals surface area contributed by atoms with E-state index in [1.54, 1.807) is 23.7 Å². The lowest BCUT2D eigenvalue weighted by Crippen LogP contribution is -1.94. The number of hydrogen-bond acceptors (Lipinski definition) is 3. The Balaban J connectivity index is 2.00. The van der Waals surface area contributed by atoms with Crippen molar-refractivity contribution < 1.29 is 9.90 Å². The highest BCUT2D eigenvalue weighted by Crippen LogP contribution is 2.37. The molecule has 5 nitrogen and oxygen atoms in total. The lowest BCUT2D eigenvalue weighted by molar-refractivity contribution is 0.0995. The minimum absolute atomic E-state index is 0.0649. The van der Waals surface area contributed by atoms with Crippen LogP contribution in [-0.2, 0) is 7.05 Å². The van der Waals surface area contributed by atoms with E-state index in [4.69, 9.17) is 23.2 Å². The molecule has 0 aliphatic rings. The van der Waals surface area contributed by atoms with Gasteiger partial charge in [0, 0.05) is 17.5 Å². The zero-order valence-electron chi connectivity index (χ0n) is 12.0. The fraction of sp³-hybridized carbons (Fsp3) is 0.0625. The maximum atomic E-state index is 12.1. The molecule has 0 unspecified atom stereocenters. The third-order valence-corrected chi connectivity index (χ3v) is 4.00. The SMILES string of the molecule is Cn1c(O)c(N=NC(=O)c2ccc(Cl)cc2Cl)c2ccccc21. The monoisotopic (exact) mass is 347 g/mol. The van der Waals surface area contributed by atoms with E-state index in [0.717, 1.165) is 5.52 Å². The third-order valence-electron chi connectivity index (χ3n) is 3.45. The van der Waals surface area contributed by atoms with Crippen molar-refractivity contribution in [3.8, 4) is 5.88 Å². The molecule has 1 aromatic heterocycles. The second-order valence-corrected chi connectivity index (χ2v) is 5.72. The Kier molecular flexibility index (Phi) is 4.07. The van der Waals surface area contributed by atoms with Crippen molar-refractivity contribution in [2.75, 3.05) is 0 Å². The van der Waals surface area contributed by atoms with E-state index in [2.05, 4.69) is 10.2 Å². The summed E-state index contributed by atoms with van der Waals surface area (Å²) in [6.07, 6.45) is 0. The Labute approximate surface area is 141 Å². The first-order chi connectivity index (χ1) is 11.0. The largest absolute Gasteiger partial charge is 0.493 e. The number of hydrogen-bond donors (Lipinski definition) is 1. The van der Waals surface area contributed by atoms with Crippen LogP contribution in [0.5, 0.6) is 5.88 Å². The Bertz CT molecular complexity index is 948. The van der Waals surface area contributed by atoms with Gasteiger partial charge in [-0.25, -0.2) is 0 Å². The van der Waals surface area contributed by atoms with E-state index in [9.17, 15) is 9.90 Å². The van der Waals surface area contributed by atoms with Crippen LogP contribution in [0.1, 0.15) is 10.4 Å². The fourth-order valence-electron chi connectivity index (χ4n) is 2.27. The van der Waals surface area contributed by atoms with Crippen molar-refractivity contribution in [1.29, 1.82) is 0 Å². The molecule has 0 atom stereocenters. The molecule has 1 amide bonds. The molecule has 0 saturated heterocycles. The van der Waals surface area contributed by atoms with Crippen LogP contribution >= 0.6 is 23.2 Å². The summed E-state index contributed by atoms with van der Waals surface area (Å²) in [5.41, 5.74) is 1.22. The Morgan fingerprint density at radius 2 is 1.91 bits per heavy atom. The number of nitrogens with zero attached hydrogens (tertiary/aromatic N) is 3. The van der Waals surface area contributed by atoms with Crippen LogP contribution in [0.4, 0.5) is 5.69 Å². The number of carbonyl (C=O) groups excluding carboxylic acids is 1. The average molecular weight is 348 g/mol. The Morgan fingerprint density at radius 3 is 2.65 bits per heavy atom. The van der Waals surface area contributed by atoms with Gasteiger partial charge in [0.15, 0.2) is 5.69 Å². The third kappa shape index (κ3) is 2.81. The number of carbonyl (C=O) groups is 1. The standard InChI is InChI=1S/C16H11Cl2N3O2/c1-21-13-5-3-2-4-11(13)14(16(21)23)19-20-15(22)10-7-6-9(17)8-12(10)18/h2-8,23H,1H3. The number of halogens is 2. The first-order valence-electron chi connectivity index (χ1n) is 6.66. The van der Waals surface area contributed by atoms with Crippen LogP contribution in [0.3, 0.4) is 0 Å². The molecule has 0 radical (unpaired) electrons. The molecule has 2 aromatic carbocycles. The molecule has 0 bridgehead atoms. The highest BCUT2D eigenvalue weighted by molar-refractivity contribution is 6.36. The van der Waals surface area contributed by atoms with Gasteiger partial charge < -0.3 is 9.67 Å². The first-order valence-corrected chi connectivity index (χ1v) is 7.42. The summed E-state index contributed by atoms with van der Waals surface area (Å²) >= 11 is 11.8. The van der Waals surface area contributed by atoms with Crippen molar-refractivity contribution in [3.63, 3.8) is 0 Å². The zero-order valence-corrected chi connectivity index (χ0v) is 13.5. The summed E-state index contributed by atoms with van der Waals surface area (Å²) in [6, 6.07) is 11.8. The topological polar surface area (TPSA) is 66.9 Å². The summed E-state index contributed by atoms with van der Waals surface area (Å²) < 4.78 is 1.57. The van der Waals surface area contributed by atoms with Crippen LogP contribution in [0.15, 0.2) is 52.7 Å². The second kappa shape index (κ2) is 6.02. The lowest BCUT2D eigenvalue weighted by atomic mass is 10.2. The van der Waals surface area contributed by atoms with Gasteiger partial charge >= 0.3 is 0 Å². The fourth-order valence-corrected chi connectivity index (χ4v) is 2.76. The summed E-state index contributed by atoms with van der Waals surface area (Å²) in [6.45, 7) is 0. The number of azo groups is 1. The summed E-state index contributed by atoms with van der Waals surface area (Å²) in [5, 5.41) is 19.0. The molecule has 1 heterocycles. The van der Waals surface area contributed by atoms with Gasteiger partial charge in [0.2, 0.25) is 5.88 Å². The van der Waals surface area contributed by atoms with Crippen molar-refractivity contribution in [3.05, 3.63) is 58.1 Å². The molecular formula is C16H11Cl2N3O2. The molecule has 0 spiro atoms. The van der Waals surface area contributed by atoms with Gasteiger partial charge in [0.25, 0.3) is 5.91 Å². The van der Waals surface area contributed by atoms with Crippen molar-refractivity contribution in [2.45, 2.75) is 0 Å². The van der Waals surface area contributed by atoms with Crippen LogP contribution < -0.4 is 0 Å². The minimum atomic E-state index is -0.612. The number of aryl methyl sites for hydroxylation is 1. The smallest absolute Gasteiger partial charge is 0.296 e. The quantitative estimate of drug-likeness (QED) is 0.654. The van der Waals surface area contributed by atoms with Gasteiger partial charge in [-0.1, -0.05) is 41.4 Å². The first kappa shape index (κ1) is 15.5. The van der Waals surface area contributed by atoms with Crippen LogP contribution in [0, 0.1) is 0 Å². The highest BCUT2D eigenvalue weighted by Gasteiger charge is 2.15. The minimum Gasteiger partial charge on any atom is -0.493 e. The van der Waals surface area contributed by atoms with E-state index in [-0.39, 0.29) is 22.2 Å². The molecule has 3 aromatic rings. The molecular weight excluding hydrogens is 337 g/mol. The van der Waals surface area contributed by atoms with Gasteiger partial charge in [-0.15, -0.1) is 10.2 Å². The number of aromatic nitrogens is 1. The number of benzene rings is 2. The number of para-hydroxylation sites is 1. The maximum absolute atomic E-state index is 12.1. The van der Waals surface area contributed by atoms with Gasteiger partial charge in [0.1, 0.15) is 0 Å². The number of aromatic hydroxyl groups is 1.